The van der Waals surface area contributed by atoms with E-state index in [9.17, 15) is 4.79 Å². The highest BCUT2D eigenvalue weighted by molar-refractivity contribution is 7.03. The van der Waals surface area contributed by atoms with Crippen LogP contribution in [0.4, 0.5) is 0 Å². The zero-order valence-electron chi connectivity index (χ0n) is 11.8. The van der Waals surface area contributed by atoms with Gasteiger partial charge in [0, 0.05) is 24.7 Å². The Morgan fingerprint density at radius 3 is 2.95 bits per heavy atom. The van der Waals surface area contributed by atoms with Crippen LogP contribution in [-0.4, -0.2) is 37.0 Å². The lowest BCUT2D eigenvalue weighted by Crippen LogP contribution is -2.43. The van der Waals surface area contributed by atoms with E-state index in [0.717, 1.165) is 25.0 Å². The van der Waals surface area contributed by atoms with Crippen molar-refractivity contribution < 1.29 is 4.79 Å². The zero-order chi connectivity index (χ0) is 14.4. The number of carbonyl (C=O) groups excluding carboxylic acids is 1. The summed E-state index contributed by atoms with van der Waals surface area (Å²) in [5.74, 6) is 0.0732. The van der Waals surface area contributed by atoms with Gasteiger partial charge in [-0.25, -0.2) is 0 Å². The van der Waals surface area contributed by atoms with Gasteiger partial charge in [-0.1, -0.05) is 6.08 Å². The van der Waals surface area contributed by atoms with Gasteiger partial charge in [-0.05, 0) is 48.5 Å². The second-order valence-electron chi connectivity index (χ2n) is 5.63. The number of aryl methyl sites for hydroxylation is 1. The molecule has 6 heteroatoms. The molecular formula is C15H16N4OS. The SMILES string of the molecule is Cn1nccc1C1=CC2CCC(C1)N2C(=O)c1ccsn1. The summed E-state index contributed by atoms with van der Waals surface area (Å²) < 4.78 is 6.09. The third-order valence-electron chi connectivity index (χ3n) is 4.44. The minimum absolute atomic E-state index is 0.0732. The molecule has 2 aliphatic rings. The molecule has 5 nitrogen and oxygen atoms in total. The Balaban J connectivity index is 1.65. The minimum Gasteiger partial charge on any atom is -0.328 e. The van der Waals surface area contributed by atoms with Crippen LogP contribution in [0, 0.1) is 0 Å². The topological polar surface area (TPSA) is 51.0 Å². The van der Waals surface area contributed by atoms with E-state index in [0.29, 0.717) is 11.7 Å². The lowest BCUT2D eigenvalue weighted by atomic mass is 9.98. The summed E-state index contributed by atoms with van der Waals surface area (Å²) in [5.41, 5.74) is 3.05. The number of hydrogen-bond acceptors (Lipinski definition) is 4. The predicted molar refractivity (Wildman–Crippen MR) is 80.9 cm³/mol. The maximum Gasteiger partial charge on any atom is 0.274 e. The average Bonchev–Trinajstić information content (AvgIpc) is 3.19. The standard InChI is InChI=1S/C15H16N4OS/c1-18-14(4-6-16-18)10-8-11-2-3-12(9-10)19(11)15(20)13-5-7-21-17-13/h4-8,11-12H,2-3,9H2,1H3. The van der Waals surface area contributed by atoms with E-state index in [1.807, 2.05) is 40.3 Å². The molecule has 1 amide bonds. The third-order valence-corrected chi connectivity index (χ3v) is 5.00. The summed E-state index contributed by atoms with van der Waals surface area (Å²) in [7, 11) is 1.96. The number of fused-ring (bicyclic) bond motifs is 2. The molecule has 0 spiro atoms. The van der Waals surface area contributed by atoms with Gasteiger partial charge < -0.3 is 4.90 Å². The van der Waals surface area contributed by atoms with Gasteiger partial charge in [0.05, 0.1) is 11.7 Å². The summed E-state index contributed by atoms with van der Waals surface area (Å²) in [5, 5.41) is 6.10. The molecule has 2 aromatic rings. The predicted octanol–water partition coefficient (Wildman–Crippen LogP) is 2.34. The molecule has 0 saturated carbocycles. The molecule has 0 aromatic carbocycles. The van der Waals surface area contributed by atoms with Gasteiger partial charge in [-0.2, -0.15) is 9.47 Å². The normalized spacial score (nSPS) is 24.2. The van der Waals surface area contributed by atoms with Gasteiger partial charge in [-0.3, -0.25) is 9.48 Å². The first-order chi connectivity index (χ1) is 10.2. The van der Waals surface area contributed by atoms with E-state index in [-0.39, 0.29) is 11.9 Å². The smallest absolute Gasteiger partial charge is 0.274 e. The molecule has 0 aliphatic carbocycles. The second kappa shape index (κ2) is 4.80. The van der Waals surface area contributed by atoms with Crippen molar-refractivity contribution in [2.45, 2.75) is 31.3 Å². The van der Waals surface area contributed by atoms with Crippen LogP contribution in [0.5, 0.6) is 0 Å². The third kappa shape index (κ3) is 2.01. The van der Waals surface area contributed by atoms with Crippen molar-refractivity contribution in [3.63, 3.8) is 0 Å². The Bertz CT molecular complexity index is 703. The van der Waals surface area contributed by atoms with Gasteiger partial charge in [0.25, 0.3) is 5.91 Å². The molecule has 2 bridgehead atoms. The quantitative estimate of drug-likeness (QED) is 0.855. The molecule has 4 heterocycles. The van der Waals surface area contributed by atoms with E-state index in [4.69, 9.17) is 0 Å². The van der Waals surface area contributed by atoms with Gasteiger partial charge in [-0.15, -0.1) is 0 Å². The van der Waals surface area contributed by atoms with Gasteiger partial charge in [0.1, 0.15) is 5.69 Å². The largest absolute Gasteiger partial charge is 0.328 e. The molecule has 2 unspecified atom stereocenters. The molecular weight excluding hydrogens is 284 g/mol. The van der Waals surface area contributed by atoms with E-state index in [1.165, 1.54) is 17.1 Å². The Hall–Kier alpha value is -1.95. The highest BCUT2D eigenvalue weighted by atomic mass is 32.1. The Morgan fingerprint density at radius 2 is 2.29 bits per heavy atom. The number of nitrogens with zero attached hydrogens (tertiary/aromatic N) is 4. The van der Waals surface area contributed by atoms with Crippen LogP contribution in [0.1, 0.15) is 35.4 Å². The highest BCUT2D eigenvalue weighted by Crippen LogP contribution is 2.39. The van der Waals surface area contributed by atoms with Crippen molar-refractivity contribution in [1.29, 1.82) is 0 Å². The molecule has 2 atom stereocenters. The first-order valence-corrected chi connectivity index (χ1v) is 8.00. The van der Waals surface area contributed by atoms with Crippen LogP contribution in [0.3, 0.4) is 0 Å². The Kier molecular flexibility index (Phi) is 2.92. The van der Waals surface area contributed by atoms with Crippen molar-refractivity contribution in [2.24, 2.45) is 7.05 Å². The lowest BCUT2D eigenvalue weighted by molar-refractivity contribution is 0.0687. The fourth-order valence-corrected chi connectivity index (χ4v) is 3.98. The second-order valence-corrected chi connectivity index (χ2v) is 6.30. The van der Waals surface area contributed by atoms with Crippen LogP contribution in [-0.2, 0) is 7.05 Å². The maximum absolute atomic E-state index is 12.6. The zero-order valence-corrected chi connectivity index (χ0v) is 12.6. The number of amides is 1. The van der Waals surface area contributed by atoms with Crippen molar-refractivity contribution in [2.75, 3.05) is 0 Å². The Morgan fingerprint density at radius 1 is 1.38 bits per heavy atom. The summed E-state index contributed by atoms with van der Waals surface area (Å²) in [4.78, 5) is 14.6. The molecule has 2 aliphatic heterocycles. The minimum atomic E-state index is 0.0732. The van der Waals surface area contributed by atoms with Gasteiger partial charge in [0.2, 0.25) is 0 Å². The van der Waals surface area contributed by atoms with E-state index < -0.39 is 0 Å². The molecule has 108 valence electrons. The molecule has 1 saturated heterocycles. The molecule has 2 aromatic heterocycles. The Labute approximate surface area is 127 Å². The lowest BCUT2D eigenvalue weighted by Gasteiger charge is -2.33. The highest BCUT2D eigenvalue weighted by Gasteiger charge is 2.40. The first-order valence-electron chi connectivity index (χ1n) is 7.16. The van der Waals surface area contributed by atoms with Gasteiger partial charge >= 0.3 is 0 Å². The van der Waals surface area contributed by atoms with Crippen molar-refractivity contribution in [3.05, 3.63) is 41.2 Å². The van der Waals surface area contributed by atoms with Crippen LogP contribution in [0.25, 0.3) is 5.57 Å². The monoisotopic (exact) mass is 300 g/mol. The van der Waals surface area contributed by atoms with Gasteiger partial charge in [0.15, 0.2) is 0 Å². The first kappa shape index (κ1) is 12.8. The molecule has 0 N–H and O–H groups in total. The van der Waals surface area contributed by atoms with Crippen molar-refractivity contribution in [1.82, 2.24) is 19.1 Å². The fraction of sp³-hybridized carbons (Fsp3) is 0.400. The number of rotatable bonds is 2. The van der Waals surface area contributed by atoms with Crippen LogP contribution in [0.15, 0.2) is 29.8 Å². The van der Waals surface area contributed by atoms with E-state index in [1.54, 1.807) is 0 Å². The maximum atomic E-state index is 12.6. The number of carbonyl (C=O) groups is 1. The summed E-state index contributed by atoms with van der Waals surface area (Å²) in [6.45, 7) is 0. The summed E-state index contributed by atoms with van der Waals surface area (Å²) in [6, 6.07) is 4.35. The van der Waals surface area contributed by atoms with E-state index in [2.05, 4.69) is 15.5 Å². The van der Waals surface area contributed by atoms with Crippen LogP contribution >= 0.6 is 11.5 Å². The van der Waals surface area contributed by atoms with Crippen molar-refractivity contribution >= 4 is 23.0 Å². The number of aromatic nitrogens is 3. The molecule has 0 radical (unpaired) electrons. The molecule has 1 fully saturated rings. The fourth-order valence-electron chi connectivity index (χ4n) is 3.48. The molecule has 21 heavy (non-hydrogen) atoms. The molecule has 4 rings (SSSR count). The van der Waals surface area contributed by atoms with Crippen LogP contribution < -0.4 is 0 Å². The van der Waals surface area contributed by atoms with Crippen LogP contribution in [0.2, 0.25) is 0 Å². The van der Waals surface area contributed by atoms with E-state index >= 15 is 0 Å². The average molecular weight is 300 g/mol. The summed E-state index contributed by atoms with van der Waals surface area (Å²) in [6.07, 6.45) is 7.09. The van der Waals surface area contributed by atoms with Crippen molar-refractivity contribution in [3.8, 4) is 0 Å². The summed E-state index contributed by atoms with van der Waals surface area (Å²) >= 11 is 1.33. The number of hydrogen-bond donors (Lipinski definition) is 0.